The van der Waals surface area contributed by atoms with Crippen LogP contribution >= 0.6 is 0 Å². The molecule has 4 nitrogen and oxygen atoms in total. The van der Waals surface area contributed by atoms with Crippen LogP contribution in [0.5, 0.6) is 0 Å². The zero-order chi connectivity index (χ0) is 19.9. The molecule has 2 N–H and O–H groups in total. The summed E-state index contributed by atoms with van der Waals surface area (Å²) in [6, 6.07) is 8.97. The topological polar surface area (TPSA) is 58.2 Å². The summed E-state index contributed by atoms with van der Waals surface area (Å²) < 4.78 is 39.0. The second-order valence-electron chi connectivity index (χ2n) is 6.62. The van der Waals surface area contributed by atoms with Gasteiger partial charge in [0.1, 0.15) is 11.4 Å². The van der Waals surface area contributed by atoms with Crippen LogP contribution in [0, 0.1) is 20.8 Å². The molecule has 0 saturated heterocycles. The summed E-state index contributed by atoms with van der Waals surface area (Å²) >= 11 is 0. The Bertz CT molecular complexity index is 1070. The lowest BCUT2D eigenvalue weighted by atomic mass is 10.1. The lowest BCUT2D eigenvalue weighted by molar-refractivity contribution is -0.137. The van der Waals surface area contributed by atoms with Crippen molar-refractivity contribution in [1.29, 1.82) is 0 Å². The van der Waals surface area contributed by atoms with Gasteiger partial charge in [-0.15, -0.1) is 0 Å². The Kier molecular flexibility index (Phi) is 4.55. The van der Waals surface area contributed by atoms with Gasteiger partial charge in [-0.3, -0.25) is 9.59 Å². The molecule has 0 bridgehead atoms. The second kappa shape index (κ2) is 6.57. The molecular formula is C20H17F3N2O2. The second-order valence-corrected chi connectivity index (χ2v) is 6.62. The SMILES string of the molecule is Cc1cc(C)cc(Nc2c(Nc3cc(C)cc(C(F)(F)F)c3)c(=O)c2=O)c1. The zero-order valence-corrected chi connectivity index (χ0v) is 14.9. The Morgan fingerprint density at radius 3 is 1.52 bits per heavy atom. The Hall–Kier alpha value is -3.09. The van der Waals surface area contributed by atoms with Gasteiger partial charge < -0.3 is 10.6 Å². The van der Waals surface area contributed by atoms with Crippen molar-refractivity contribution in [3.8, 4) is 0 Å². The number of nitrogens with one attached hydrogen (secondary N) is 2. The summed E-state index contributed by atoms with van der Waals surface area (Å²) in [5.41, 5.74) is 0.747. The predicted octanol–water partition coefficient (Wildman–Crippen LogP) is 4.71. The summed E-state index contributed by atoms with van der Waals surface area (Å²) in [5, 5.41) is 5.55. The molecule has 3 aromatic rings. The molecule has 140 valence electrons. The first-order chi connectivity index (χ1) is 12.5. The number of alkyl halides is 3. The van der Waals surface area contributed by atoms with E-state index in [4.69, 9.17) is 0 Å². The van der Waals surface area contributed by atoms with Crippen molar-refractivity contribution in [2.24, 2.45) is 0 Å². The summed E-state index contributed by atoms with van der Waals surface area (Å²) in [6.07, 6.45) is -4.50. The van der Waals surface area contributed by atoms with Crippen LogP contribution < -0.4 is 21.5 Å². The van der Waals surface area contributed by atoms with Gasteiger partial charge in [0.2, 0.25) is 0 Å². The van der Waals surface area contributed by atoms with Crippen molar-refractivity contribution < 1.29 is 13.2 Å². The van der Waals surface area contributed by atoms with E-state index in [2.05, 4.69) is 10.6 Å². The molecule has 0 amide bonds. The molecule has 0 aliphatic rings. The van der Waals surface area contributed by atoms with Crippen molar-refractivity contribution in [2.45, 2.75) is 26.9 Å². The molecule has 7 heteroatoms. The molecule has 3 aromatic carbocycles. The summed E-state index contributed by atoms with van der Waals surface area (Å²) in [6.45, 7) is 5.31. The Morgan fingerprint density at radius 2 is 1.07 bits per heavy atom. The van der Waals surface area contributed by atoms with E-state index in [1.165, 1.54) is 13.0 Å². The predicted molar refractivity (Wildman–Crippen MR) is 100 cm³/mol. The molecule has 0 fully saturated rings. The minimum atomic E-state index is -4.50. The largest absolute Gasteiger partial charge is 0.416 e. The molecule has 0 heterocycles. The van der Waals surface area contributed by atoms with E-state index in [0.717, 1.165) is 23.3 Å². The molecule has 27 heavy (non-hydrogen) atoms. The van der Waals surface area contributed by atoms with Crippen molar-refractivity contribution in [3.63, 3.8) is 0 Å². The van der Waals surface area contributed by atoms with E-state index in [0.29, 0.717) is 11.3 Å². The maximum atomic E-state index is 13.0. The van der Waals surface area contributed by atoms with E-state index >= 15 is 0 Å². The highest BCUT2D eigenvalue weighted by Gasteiger charge is 2.31. The Labute approximate surface area is 153 Å². The summed E-state index contributed by atoms with van der Waals surface area (Å²) in [5.74, 6) is 0. The minimum absolute atomic E-state index is 0.0417. The molecule has 3 rings (SSSR count). The molecule has 0 aromatic heterocycles. The van der Waals surface area contributed by atoms with Gasteiger partial charge in [-0.2, -0.15) is 13.2 Å². The fourth-order valence-electron chi connectivity index (χ4n) is 2.98. The van der Waals surface area contributed by atoms with Gasteiger partial charge in [-0.25, -0.2) is 0 Å². The molecule has 0 unspecified atom stereocenters. The quantitative estimate of drug-likeness (QED) is 0.649. The molecular weight excluding hydrogens is 357 g/mol. The van der Waals surface area contributed by atoms with Gasteiger partial charge in [0, 0.05) is 11.4 Å². The fraction of sp³-hybridized carbons (Fsp3) is 0.200. The highest BCUT2D eigenvalue weighted by Crippen LogP contribution is 2.33. The number of aryl methyl sites for hydroxylation is 3. The van der Waals surface area contributed by atoms with Crippen LogP contribution in [0.3, 0.4) is 0 Å². The van der Waals surface area contributed by atoms with Crippen molar-refractivity contribution in [1.82, 2.24) is 0 Å². The van der Waals surface area contributed by atoms with Crippen LogP contribution in [0.15, 0.2) is 46.0 Å². The van der Waals surface area contributed by atoms with Crippen LogP contribution in [0.1, 0.15) is 22.3 Å². The number of benzene rings is 2. The third kappa shape index (κ3) is 3.86. The zero-order valence-electron chi connectivity index (χ0n) is 14.9. The first-order valence-electron chi connectivity index (χ1n) is 8.19. The molecule has 0 atom stereocenters. The first-order valence-corrected chi connectivity index (χ1v) is 8.19. The number of hydrogen-bond donors (Lipinski definition) is 2. The van der Waals surface area contributed by atoms with Crippen LogP contribution in [0.4, 0.5) is 35.9 Å². The lowest BCUT2D eigenvalue weighted by Crippen LogP contribution is -2.35. The van der Waals surface area contributed by atoms with E-state index < -0.39 is 22.6 Å². The van der Waals surface area contributed by atoms with Gasteiger partial charge in [0.15, 0.2) is 0 Å². The van der Waals surface area contributed by atoms with E-state index in [1.807, 2.05) is 32.0 Å². The third-order valence-corrected chi connectivity index (χ3v) is 4.08. The average molecular weight is 374 g/mol. The molecule has 0 radical (unpaired) electrons. The van der Waals surface area contributed by atoms with Gasteiger partial charge in [-0.1, -0.05) is 6.07 Å². The number of halogens is 3. The summed E-state index contributed by atoms with van der Waals surface area (Å²) in [7, 11) is 0. The number of hydrogen-bond acceptors (Lipinski definition) is 4. The van der Waals surface area contributed by atoms with Gasteiger partial charge in [0.05, 0.1) is 5.56 Å². The van der Waals surface area contributed by atoms with Gasteiger partial charge >= 0.3 is 6.18 Å². The molecule has 0 spiro atoms. The fourth-order valence-corrected chi connectivity index (χ4v) is 2.98. The Balaban J connectivity index is 1.94. The van der Waals surface area contributed by atoms with E-state index in [9.17, 15) is 22.8 Å². The molecule has 0 aliphatic heterocycles. The molecule has 0 aliphatic carbocycles. The van der Waals surface area contributed by atoms with Crippen LogP contribution in [0.2, 0.25) is 0 Å². The average Bonchev–Trinajstić information content (AvgIpc) is 2.55. The first kappa shape index (κ1) is 18.7. The normalized spacial score (nSPS) is 11.6. The van der Waals surface area contributed by atoms with Crippen LogP contribution in [0.25, 0.3) is 0 Å². The molecule has 0 saturated carbocycles. The monoisotopic (exact) mass is 374 g/mol. The van der Waals surface area contributed by atoms with E-state index in [-0.39, 0.29) is 17.1 Å². The number of anilines is 4. The van der Waals surface area contributed by atoms with E-state index in [1.54, 1.807) is 0 Å². The highest BCUT2D eigenvalue weighted by atomic mass is 19.4. The number of rotatable bonds is 4. The van der Waals surface area contributed by atoms with Crippen LogP contribution in [-0.2, 0) is 6.18 Å². The third-order valence-electron chi connectivity index (χ3n) is 4.08. The van der Waals surface area contributed by atoms with Crippen molar-refractivity contribution in [3.05, 3.63) is 79.1 Å². The maximum Gasteiger partial charge on any atom is 0.416 e. The smallest absolute Gasteiger partial charge is 0.350 e. The van der Waals surface area contributed by atoms with Crippen molar-refractivity contribution in [2.75, 3.05) is 10.6 Å². The van der Waals surface area contributed by atoms with Crippen molar-refractivity contribution >= 4 is 22.7 Å². The maximum absolute atomic E-state index is 13.0. The Morgan fingerprint density at radius 1 is 0.667 bits per heavy atom. The summed E-state index contributed by atoms with van der Waals surface area (Å²) in [4.78, 5) is 23.9. The minimum Gasteiger partial charge on any atom is -0.350 e. The highest BCUT2D eigenvalue weighted by molar-refractivity contribution is 5.82. The lowest BCUT2D eigenvalue weighted by Gasteiger charge is -2.17. The standard InChI is InChI=1S/C20H17F3N2O2/c1-10-4-11(2)7-14(6-10)24-16-17(19(27)18(16)26)25-15-8-12(3)5-13(9-15)20(21,22)23/h4-9,24-25H,1-3H3. The van der Waals surface area contributed by atoms with Gasteiger partial charge in [0.25, 0.3) is 10.9 Å². The van der Waals surface area contributed by atoms with Gasteiger partial charge in [-0.05, 0) is 67.8 Å². The van der Waals surface area contributed by atoms with Crippen LogP contribution in [-0.4, -0.2) is 0 Å².